The van der Waals surface area contributed by atoms with Crippen molar-refractivity contribution in [3.8, 4) is 0 Å². The molecule has 2 unspecified atom stereocenters. The third-order valence-corrected chi connectivity index (χ3v) is 5.65. The Morgan fingerprint density at radius 3 is 2.22 bits per heavy atom. The van der Waals surface area contributed by atoms with Crippen LogP contribution in [0.2, 0.25) is 0 Å². The lowest BCUT2D eigenvalue weighted by Crippen LogP contribution is -2.53. The zero-order valence-corrected chi connectivity index (χ0v) is 21.0. The first kappa shape index (κ1) is 26.9. The van der Waals surface area contributed by atoms with Crippen LogP contribution in [0.5, 0.6) is 0 Å². The minimum absolute atomic E-state index is 0. The van der Waals surface area contributed by atoms with Crippen molar-refractivity contribution in [1.82, 2.24) is 25.3 Å². The predicted octanol–water partition coefficient (Wildman–Crippen LogP) is 2.31. The van der Waals surface area contributed by atoms with Crippen molar-refractivity contribution in [2.24, 2.45) is 4.99 Å². The molecular weight excluding hydrogens is 451 g/mol. The Balaban J connectivity index is 0.00000676. The summed E-state index contributed by atoms with van der Waals surface area (Å²) in [6.07, 6.45) is 2.40. The molecule has 1 aliphatic heterocycles. The average molecular weight is 497 g/mol. The number of hydrogen-bond donors (Lipinski definition) is 2. The second-order valence-electron chi connectivity index (χ2n) is 7.49. The SMILES string of the molecule is CCN(CC)CCCC(C)NC(=NC)NCC(C)N1CCN(CC)CC1.I. The van der Waals surface area contributed by atoms with E-state index < -0.39 is 0 Å². The molecule has 1 fully saturated rings. The standard InChI is InChI=1S/C20H44N6.HI/c1-7-24(8-2)12-10-11-18(4)23-20(21-6)22-17-19(5)26-15-13-25(9-3)14-16-26;/h18-19H,7-17H2,1-6H3,(H2,21,22,23);1H. The maximum absolute atomic E-state index is 4.40. The van der Waals surface area contributed by atoms with Crippen LogP contribution < -0.4 is 10.6 Å². The number of guanidine groups is 1. The van der Waals surface area contributed by atoms with E-state index in [2.05, 4.69) is 64.9 Å². The lowest BCUT2D eigenvalue weighted by atomic mass is 10.2. The number of likely N-dealkylation sites (N-methyl/N-ethyl adjacent to an activating group) is 1. The van der Waals surface area contributed by atoms with Gasteiger partial charge < -0.3 is 20.4 Å². The Bertz CT molecular complexity index is 381. The molecule has 27 heavy (non-hydrogen) atoms. The van der Waals surface area contributed by atoms with Crippen LogP contribution in [0.15, 0.2) is 4.99 Å². The van der Waals surface area contributed by atoms with Gasteiger partial charge in [0.1, 0.15) is 0 Å². The summed E-state index contributed by atoms with van der Waals surface area (Å²) < 4.78 is 0. The van der Waals surface area contributed by atoms with E-state index in [0.29, 0.717) is 12.1 Å². The van der Waals surface area contributed by atoms with E-state index >= 15 is 0 Å². The van der Waals surface area contributed by atoms with Crippen LogP contribution in [-0.2, 0) is 0 Å². The minimum atomic E-state index is 0. The highest BCUT2D eigenvalue weighted by Gasteiger charge is 2.20. The number of piperazine rings is 1. The van der Waals surface area contributed by atoms with E-state index in [0.717, 1.165) is 25.6 Å². The third-order valence-electron chi connectivity index (χ3n) is 5.65. The Morgan fingerprint density at radius 2 is 1.70 bits per heavy atom. The average Bonchev–Trinajstić information content (AvgIpc) is 2.68. The third kappa shape index (κ3) is 10.9. The van der Waals surface area contributed by atoms with Crippen molar-refractivity contribution in [2.75, 3.05) is 66.0 Å². The fraction of sp³-hybridized carbons (Fsp3) is 0.950. The summed E-state index contributed by atoms with van der Waals surface area (Å²) in [5.74, 6) is 0.930. The van der Waals surface area contributed by atoms with Crippen LogP contribution in [0.3, 0.4) is 0 Å². The number of hydrogen-bond acceptors (Lipinski definition) is 4. The summed E-state index contributed by atoms with van der Waals surface area (Å²) in [6.45, 7) is 21.6. The van der Waals surface area contributed by atoms with Gasteiger partial charge in [-0.05, 0) is 52.9 Å². The summed E-state index contributed by atoms with van der Waals surface area (Å²) in [5.41, 5.74) is 0. The molecule has 0 amide bonds. The molecule has 0 aromatic carbocycles. The molecule has 1 heterocycles. The van der Waals surface area contributed by atoms with E-state index in [1.54, 1.807) is 0 Å². The van der Waals surface area contributed by atoms with Gasteiger partial charge in [-0.3, -0.25) is 9.89 Å². The van der Waals surface area contributed by atoms with E-state index in [9.17, 15) is 0 Å². The van der Waals surface area contributed by atoms with Crippen LogP contribution in [0.4, 0.5) is 0 Å². The number of halogens is 1. The molecule has 0 bridgehead atoms. The van der Waals surface area contributed by atoms with E-state index in [4.69, 9.17) is 0 Å². The molecule has 1 saturated heterocycles. The molecular formula is C20H45IN6. The molecule has 0 aromatic rings. The number of rotatable bonds is 11. The number of nitrogens with zero attached hydrogens (tertiary/aromatic N) is 4. The quantitative estimate of drug-likeness (QED) is 0.261. The summed E-state index contributed by atoms with van der Waals surface area (Å²) in [7, 11) is 1.86. The van der Waals surface area contributed by atoms with Gasteiger partial charge in [-0.2, -0.15) is 0 Å². The van der Waals surface area contributed by atoms with Gasteiger partial charge in [-0.15, -0.1) is 24.0 Å². The first-order valence-electron chi connectivity index (χ1n) is 10.7. The van der Waals surface area contributed by atoms with Crippen molar-refractivity contribution in [3.63, 3.8) is 0 Å². The Labute approximate surface area is 185 Å². The largest absolute Gasteiger partial charge is 0.355 e. The van der Waals surface area contributed by atoms with Gasteiger partial charge in [0.2, 0.25) is 0 Å². The molecule has 2 atom stereocenters. The Hall–Kier alpha value is -0.120. The lowest BCUT2D eigenvalue weighted by Gasteiger charge is -2.37. The summed E-state index contributed by atoms with van der Waals surface area (Å²) in [5, 5.41) is 7.06. The first-order valence-corrected chi connectivity index (χ1v) is 10.7. The molecule has 0 saturated carbocycles. The number of aliphatic imine (C=N–C) groups is 1. The smallest absolute Gasteiger partial charge is 0.191 e. The molecule has 0 radical (unpaired) electrons. The van der Waals surface area contributed by atoms with Crippen LogP contribution >= 0.6 is 24.0 Å². The molecule has 0 aliphatic carbocycles. The highest BCUT2D eigenvalue weighted by molar-refractivity contribution is 14.0. The molecule has 2 N–H and O–H groups in total. The summed E-state index contributed by atoms with van der Waals surface area (Å²) in [6, 6.07) is 0.977. The van der Waals surface area contributed by atoms with Crippen molar-refractivity contribution in [2.45, 2.75) is 59.5 Å². The molecule has 6 nitrogen and oxygen atoms in total. The zero-order valence-electron chi connectivity index (χ0n) is 18.6. The molecule has 1 rings (SSSR count). The highest BCUT2D eigenvalue weighted by atomic mass is 127. The Kier molecular flexibility index (Phi) is 15.7. The second-order valence-corrected chi connectivity index (χ2v) is 7.49. The fourth-order valence-electron chi connectivity index (χ4n) is 3.55. The number of nitrogens with one attached hydrogen (secondary N) is 2. The topological polar surface area (TPSA) is 46.1 Å². The van der Waals surface area contributed by atoms with Gasteiger partial charge in [0.05, 0.1) is 0 Å². The minimum Gasteiger partial charge on any atom is -0.355 e. The second kappa shape index (κ2) is 15.8. The van der Waals surface area contributed by atoms with Gasteiger partial charge in [-0.25, -0.2) is 0 Å². The normalized spacial score (nSPS) is 18.9. The van der Waals surface area contributed by atoms with E-state index in [1.807, 2.05) is 7.05 Å². The maximum Gasteiger partial charge on any atom is 0.191 e. The lowest BCUT2D eigenvalue weighted by molar-refractivity contribution is 0.107. The van der Waals surface area contributed by atoms with E-state index in [1.165, 1.54) is 52.1 Å². The molecule has 1 aliphatic rings. The van der Waals surface area contributed by atoms with Gasteiger partial charge >= 0.3 is 0 Å². The summed E-state index contributed by atoms with van der Waals surface area (Å²) >= 11 is 0. The molecule has 162 valence electrons. The highest BCUT2D eigenvalue weighted by Crippen LogP contribution is 2.05. The molecule has 0 aromatic heterocycles. The van der Waals surface area contributed by atoms with E-state index in [-0.39, 0.29) is 24.0 Å². The van der Waals surface area contributed by atoms with Crippen molar-refractivity contribution in [1.29, 1.82) is 0 Å². The molecule has 7 heteroatoms. The van der Waals surface area contributed by atoms with Crippen molar-refractivity contribution in [3.05, 3.63) is 0 Å². The van der Waals surface area contributed by atoms with Crippen LogP contribution in [0.25, 0.3) is 0 Å². The summed E-state index contributed by atoms with van der Waals surface area (Å²) in [4.78, 5) is 12.0. The van der Waals surface area contributed by atoms with Gasteiger partial charge in [0.25, 0.3) is 0 Å². The zero-order chi connectivity index (χ0) is 19.4. The van der Waals surface area contributed by atoms with Crippen LogP contribution in [0.1, 0.15) is 47.5 Å². The van der Waals surface area contributed by atoms with Crippen molar-refractivity contribution >= 4 is 29.9 Å². The van der Waals surface area contributed by atoms with Gasteiger partial charge in [0, 0.05) is 51.9 Å². The van der Waals surface area contributed by atoms with Crippen molar-refractivity contribution < 1.29 is 0 Å². The fourth-order valence-corrected chi connectivity index (χ4v) is 3.55. The monoisotopic (exact) mass is 496 g/mol. The Morgan fingerprint density at radius 1 is 1.07 bits per heavy atom. The van der Waals surface area contributed by atoms with Gasteiger partial charge in [0.15, 0.2) is 5.96 Å². The van der Waals surface area contributed by atoms with Gasteiger partial charge in [-0.1, -0.05) is 20.8 Å². The first-order chi connectivity index (χ1) is 12.5. The maximum atomic E-state index is 4.40. The molecule has 0 spiro atoms. The van der Waals surface area contributed by atoms with Crippen LogP contribution in [0, 0.1) is 0 Å². The predicted molar refractivity (Wildman–Crippen MR) is 130 cm³/mol. The van der Waals surface area contributed by atoms with Crippen LogP contribution in [-0.4, -0.2) is 98.7 Å².